The van der Waals surface area contributed by atoms with E-state index in [1.807, 2.05) is 0 Å². The fourth-order valence-corrected chi connectivity index (χ4v) is 5.92. The van der Waals surface area contributed by atoms with Crippen LogP contribution in [0.5, 0.6) is 0 Å². The number of carbonyl (C=O) groups excluding carboxylic acids is 2. The van der Waals surface area contributed by atoms with E-state index in [2.05, 4.69) is 55.6 Å². The largest absolute Gasteiger partial charge is 0.480 e. The van der Waals surface area contributed by atoms with Crippen molar-refractivity contribution in [2.24, 2.45) is 0 Å². The van der Waals surface area contributed by atoms with Gasteiger partial charge in [-0.15, -0.1) is 0 Å². The summed E-state index contributed by atoms with van der Waals surface area (Å²) < 4.78 is 26.7. The Morgan fingerprint density at radius 3 is 1.71 bits per heavy atom. The SMILES string of the molecule is CC/C=C\C/C=C\C/C=C\CCCCCC(=O)OCC(O)COP(=O)(O)OCC(NC(=O)CCCCCCCCCCCCCCCC)C(=O)O. The number of allylic oxidation sites excluding steroid dienone is 6. The van der Waals surface area contributed by atoms with Crippen LogP contribution in [-0.2, 0) is 32.7 Å². The van der Waals surface area contributed by atoms with Crippen LogP contribution in [0, 0.1) is 0 Å². The van der Waals surface area contributed by atoms with E-state index in [1.54, 1.807) is 0 Å². The fourth-order valence-electron chi connectivity index (χ4n) is 5.15. The van der Waals surface area contributed by atoms with Gasteiger partial charge in [0.1, 0.15) is 12.7 Å². The molecule has 3 atom stereocenters. The van der Waals surface area contributed by atoms with Crippen LogP contribution in [0.2, 0.25) is 0 Å². The minimum absolute atomic E-state index is 0.146. The number of nitrogens with one attached hydrogen (secondary N) is 1. The molecule has 0 aliphatic heterocycles. The first kappa shape index (κ1) is 48.7. The molecule has 4 N–H and O–H groups in total. The van der Waals surface area contributed by atoms with Crippen LogP contribution in [0.1, 0.15) is 162 Å². The first-order valence-corrected chi connectivity index (χ1v) is 21.0. The van der Waals surface area contributed by atoms with E-state index in [4.69, 9.17) is 13.8 Å². The average molecular weight is 744 g/mol. The minimum atomic E-state index is -4.75. The second-order valence-corrected chi connectivity index (χ2v) is 14.5. The molecular weight excluding hydrogens is 673 g/mol. The van der Waals surface area contributed by atoms with Crippen LogP contribution in [0.3, 0.4) is 0 Å². The van der Waals surface area contributed by atoms with Crippen molar-refractivity contribution in [3.8, 4) is 0 Å². The highest BCUT2D eigenvalue weighted by molar-refractivity contribution is 7.47. The van der Waals surface area contributed by atoms with Gasteiger partial charge in [-0.3, -0.25) is 18.6 Å². The lowest BCUT2D eigenvalue weighted by Gasteiger charge is -2.18. The minimum Gasteiger partial charge on any atom is -0.480 e. The Morgan fingerprint density at radius 2 is 1.14 bits per heavy atom. The molecule has 296 valence electrons. The summed E-state index contributed by atoms with van der Waals surface area (Å²) in [6.45, 7) is 2.43. The Morgan fingerprint density at radius 1 is 0.647 bits per heavy atom. The molecule has 0 spiro atoms. The number of esters is 1. The Kier molecular flexibility index (Phi) is 33.2. The summed E-state index contributed by atoms with van der Waals surface area (Å²) in [4.78, 5) is 45.7. The first-order chi connectivity index (χ1) is 24.6. The van der Waals surface area contributed by atoms with Crippen LogP contribution in [0.4, 0.5) is 0 Å². The molecule has 0 bridgehead atoms. The van der Waals surface area contributed by atoms with Crippen molar-refractivity contribution >= 4 is 25.7 Å². The van der Waals surface area contributed by atoms with Gasteiger partial charge in [0.25, 0.3) is 0 Å². The second kappa shape index (κ2) is 34.8. The van der Waals surface area contributed by atoms with Crippen molar-refractivity contribution in [1.29, 1.82) is 0 Å². The van der Waals surface area contributed by atoms with E-state index >= 15 is 0 Å². The number of hydrogen-bond acceptors (Lipinski definition) is 8. The predicted octanol–water partition coefficient (Wildman–Crippen LogP) is 9.27. The fraction of sp³-hybridized carbons (Fsp3) is 0.769. The van der Waals surface area contributed by atoms with Crippen molar-refractivity contribution in [3.63, 3.8) is 0 Å². The van der Waals surface area contributed by atoms with Gasteiger partial charge in [0.2, 0.25) is 5.91 Å². The topological polar surface area (TPSA) is 169 Å². The number of phosphoric acid groups is 1. The van der Waals surface area contributed by atoms with Crippen molar-refractivity contribution in [3.05, 3.63) is 36.5 Å². The van der Waals surface area contributed by atoms with E-state index in [0.717, 1.165) is 57.8 Å². The molecule has 11 nitrogen and oxygen atoms in total. The lowest BCUT2D eigenvalue weighted by Crippen LogP contribution is -2.43. The number of aliphatic carboxylic acids is 1. The number of aliphatic hydroxyl groups excluding tert-OH is 1. The van der Waals surface area contributed by atoms with Crippen LogP contribution >= 0.6 is 7.82 Å². The highest BCUT2D eigenvalue weighted by Gasteiger charge is 2.28. The monoisotopic (exact) mass is 743 g/mol. The molecule has 51 heavy (non-hydrogen) atoms. The van der Waals surface area contributed by atoms with Gasteiger partial charge < -0.3 is 25.2 Å². The summed E-state index contributed by atoms with van der Waals surface area (Å²) in [5.41, 5.74) is 0. The molecule has 0 aromatic carbocycles. The van der Waals surface area contributed by atoms with Crippen molar-refractivity contribution in [2.75, 3.05) is 19.8 Å². The molecule has 0 rings (SSSR count). The number of carbonyl (C=O) groups is 3. The number of rotatable bonds is 36. The van der Waals surface area contributed by atoms with Gasteiger partial charge in [0, 0.05) is 12.8 Å². The van der Waals surface area contributed by atoms with E-state index in [-0.39, 0.29) is 12.8 Å². The first-order valence-electron chi connectivity index (χ1n) is 19.5. The molecule has 1 amide bonds. The number of carboxylic acid groups (broad SMARTS) is 1. The number of amides is 1. The molecule has 0 aromatic rings. The van der Waals surface area contributed by atoms with Gasteiger partial charge in [0.05, 0.1) is 13.2 Å². The molecular formula is C39H70NO10P. The number of carboxylic acids is 1. The van der Waals surface area contributed by atoms with Gasteiger partial charge in [-0.25, -0.2) is 9.36 Å². The molecule has 0 aliphatic rings. The summed E-state index contributed by atoms with van der Waals surface area (Å²) in [6.07, 6.45) is 34.6. The Bertz CT molecular complexity index is 1020. The van der Waals surface area contributed by atoms with Gasteiger partial charge >= 0.3 is 19.8 Å². The third-order valence-electron chi connectivity index (χ3n) is 8.19. The van der Waals surface area contributed by atoms with Crippen LogP contribution in [-0.4, -0.2) is 64.9 Å². The summed E-state index contributed by atoms with van der Waals surface area (Å²) in [6, 6.07) is -1.55. The summed E-state index contributed by atoms with van der Waals surface area (Å²) >= 11 is 0. The predicted molar refractivity (Wildman–Crippen MR) is 203 cm³/mol. The normalized spacial score (nSPS) is 14.3. The van der Waals surface area contributed by atoms with Gasteiger partial charge in [0.15, 0.2) is 6.04 Å². The quantitative estimate of drug-likeness (QED) is 0.0210. The van der Waals surface area contributed by atoms with E-state index < -0.39 is 57.6 Å². The standard InChI is InChI=1S/C39H70NO10P/c1-3-5-7-9-11-13-15-17-19-20-22-24-26-28-30-37(42)40-36(39(44)45)34-50-51(46,47)49-33-35(41)32-48-38(43)31-29-27-25-23-21-18-16-14-12-10-8-6-4-2/h6,8,12,14,18,21,35-36,41H,3-5,7,9-11,13,15-17,19-20,22-34H2,1-2H3,(H,40,42)(H,44,45)(H,46,47)/b8-6-,14-12-,21-18-. The molecule has 0 aliphatic carbocycles. The third-order valence-corrected chi connectivity index (χ3v) is 9.14. The maximum atomic E-state index is 12.3. The van der Waals surface area contributed by atoms with Crippen molar-refractivity contribution < 1.29 is 47.8 Å². The lowest BCUT2D eigenvalue weighted by atomic mass is 10.0. The van der Waals surface area contributed by atoms with Crippen LogP contribution in [0.25, 0.3) is 0 Å². The van der Waals surface area contributed by atoms with E-state index in [1.165, 1.54) is 64.2 Å². The number of ether oxygens (including phenoxy) is 1. The number of aliphatic hydroxyl groups is 1. The molecule has 0 fully saturated rings. The Labute approximate surface area is 308 Å². The van der Waals surface area contributed by atoms with Gasteiger partial charge in [-0.05, 0) is 44.9 Å². The lowest BCUT2D eigenvalue weighted by molar-refractivity contribution is -0.147. The van der Waals surface area contributed by atoms with E-state index in [9.17, 15) is 34.1 Å². The summed E-state index contributed by atoms with van der Waals surface area (Å²) in [5.74, 6) is -2.40. The Hall–Kier alpha value is -2.30. The maximum absolute atomic E-state index is 12.3. The van der Waals surface area contributed by atoms with Crippen molar-refractivity contribution in [1.82, 2.24) is 5.32 Å². The second-order valence-electron chi connectivity index (χ2n) is 13.1. The highest BCUT2D eigenvalue weighted by Crippen LogP contribution is 2.43. The number of phosphoric ester groups is 1. The van der Waals surface area contributed by atoms with E-state index in [0.29, 0.717) is 12.8 Å². The zero-order valence-corrected chi connectivity index (χ0v) is 32.5. The zero-order chi connectivity index (χ0) is 37.8. The number of unbranched alkanes of at least 4 members (excludes halogenated alkanes) is 16. The highest BCUT2D eigenvalue weighted by atomic mass is 31.2. The third kappa shape index (κ3) is 34.5. The molecule has 0 saturated carbocycles. The molecule has 0 radical (unpaired) electrons. The molecule has 12 heteroatoms. The van der Waals surface area contributed by atoms with Crippen LogP contribution in [0.15, 0.2) is 36.5 Å². The molecule has 0 aromatic heterocycles. The number of hydrogen-bond donors (Lipinski definition) is 4. The molecule has 0 heterocycles. The van der Waals surface area contributed by atoms with Crippen molar-refractivity contribution in [2.45, 2.75) is 174 Å². The van der Waals surface area contributed by atoms with Crippen LogP contribution < -0.4 is 5.32 Å². The Balaban J connectivity index is 3.99. The summed E-state index contributed by atoms with van der Waals surface area (Å²) in [7, 11) is -4.75. The maximum Gasteiger partial charge on any atom is 0.472 e. The summed E-state index contributed by atoms with van der Waals surface area (Å²) in [5, 5.41) is 21.7. The zero-order valence-electron chi connectivity index (χ0n) is 31.7. The average Bonchev–Trinajstić information content (AvgIpc) is 3.10. The molecule has 3 unspecified atom stereocenters. The van der Waals surface area contributed by atoms with Gasteiger partial charge in [-0.2, -0.15) is 0 Å². The van der Waals surface area contributed by atoms with Gasteiger partial charge in [-0.1, -0.05) is 140 Å². The molecule has 0 saturated heterocycles. The smallest absolute Gasteiger partial charge is 0.472 e.